The Morgan fingerprint density at radius 3 is 2.88 bits per heavy atom. The molecule has 3 rings (SSSR count). The SMILES string of the molecule is CCCn1ncnc1CN1CC(O)(C2CC2)C1. The van der Waals surface area contributed by atoms with Gasteiger partial charge in [0.2, 0.25) is 0 Å². The standard InChI is InChI=1S/C12H20N4O/c1-2-5-16-11(13-9-14-16)6-15-7-12(17,8-15)10-3-4-10/h9-10,17H,2-8H2,1H3. The van der Waals surface area contributed by atoms with Crippen molar-refractivity contribution in [1.29, 1.82) is 0 Å². The number of rotatable bonds is 5. The lowest BCUT2D eigenvalue weighted by Crippen LogP contribution is -2.62. The lowest BCUT2D eigenvalue weighted by molar-refractivity contribution is -0.117. The first-order valence-electron chi connectivity index (χ1n) is 6.53. The van der Waals surface area contributed by atoms with E-state index in [1.54, 1.807) is 6.33 Å². The second-order valence-corrected chi connectivity index (χ2v) is 5.42. The minimum Gasteiger partial charge on any atom is -0.387 e. The number of aliphatic hydroxyl groups is 1. The molecule has 0 aromatic carbocycles. The maximum atomic E-state index is 10.2. The predicted molar refractivity (Wildman–Crippen MR) is 63.3 cm³/mol. The molecule has 2 fully saturated rings. The van der Waals surface area contributed by atoms with Crippen LogP contribution in [0.5, 0.6) is 0 Å². The summed E-state index contributed by atoms with van der Waals surface area (Å²) in [4.78, 5) is 6.55. The van der Waals surface area contributed by atoms with Gasteiger partial charge in [-0.25, -0.2) is 9.67 Å². The molecule has 1 aromatic heterocycles. The summed E-state index contributed by atoms with van der Waals surface area (Å²) >= 11 is 0. The molecule has 5 heteroatoms. The summed E-state index contributed by atoms with van der Waals surface area (Å²) in [6, 6.07) is 0. The van der Waals surface area contributed by atoms with E-state index < -0.39 is 5.60 Å². The van der Waals surface area contributed by atoms with E-state index in [0.717, 1.165) is 38.4 Å². The van der Waals surface area contributed by atoms with E-state index in [2.05, 4.69) is 21.9 Å². The molecule has 1 aliphatic carbocycles. The van der Waals surface area contributed by atoms with Crippen molar-refractivity contribution < 1.29 is 5.11 Å². The quantitative estimate of drug-likeness (QED) is 0.815. The van der Waals surface area contributed by atoms with Gasteiger partial charge in [-0.15, -0.1) is 0 Å². The first kappa shape index (κ1) is 11.2. The molecule has 2 heterocycles. The molecule has 1 saturated heterocycles. The molecule has 0 bridgehead atoms. The van der Waals surface area contributed by atoms with Crippen molar-refractivity contribution in [3.05, 3.63) is 12.2 Å². The number of hydrogen-bond acceptors (Lipinski definition) is 4. The Morgan fingerprint density at radius 1 is 1.47 bits per heavy atom. The van der Waals surface area contributed by atoms with Gasteiger partial charge in [0.25, 0.3) is 0 Å². The first-order valence-corrected chi connectivity index (χ1v) is 6.53. The van der Waals surface area contributed by atoms with Gasteiger partial charge < -0.3 is 5.11 Å². The summed E-state index contributed by atoms with van der Waals surface area (Å²) in [7, 11) is 0. The van der Waals surface area contributed by atoms with E-state index in [9.17, 15) is 5.11 Å². The fourth-order valence-electron chi connectivity index (χ4n) is 2.73. The van der Waals surface area contributed by atoms with E-state index in [-0.39, 0.29) is 0 Å². The van der Waals surface area contributed by atoms with Gasteiger partial charge in [0.05, 0.1) is 12.1 Å². The molecular weight excluding hydrogens is 216 g/mol. The molecule has 1 aromatic rings. The molecule has 1 N–H and O–H groups in total. The third kappa shape index (κ3) is 2.09. The van der Waals surface area contributed by atoms with Crippen molar-refractivity contribution in [2.45, 2.75) is 44.9 Å². The minimum absolute atomic E-state index is 0.393. The zero-order chi connectivity index (χ0) is 11.9. The van der Waals surface area contributed by atoms with Crippen LogP contribution >= 0.6 is 0 Å². The van der Waals surface area contributed by atoms with Gasteiger partial charge in [-0.3, -0.25) is 4.90 Å². The van der Waals surface area contributed by atoms with E-state index in [4.69, 9.17) is 0 Å². The monoisotopic (exact) mass is 236 g/mol. The Bertz CT molecular complexity index is 393. The Hall–Kier alpha value is -0.940. The second-order valence-electron chi connectivity index (χ2n) is 5.42. The van der Waals surface area contributed by atoms with Crippen LogP contribution < -0.4 is 0 Å². The molecule has 2 aliphatic rings. The van der Waals surface area contributed by atoms with Crippen LogP contribution in [0.1, 0.15) is 32.0 Å². The van der Waals surface area contributed by atoms with Crippen LogP contribution in [0.4, 0.5) is 0 Å². The summed E-state index contributed by atoms with van der Waals surface area (Å²) in [6.07, 6.45) is 5.10. The Kier molecular flexibility index (Phi) is 2.67. The van der Waals surface area contributed by atoms with Crippen molar-refractivity contribution in [2.24, 2.45) is 5.92 Å². The van der Waals surface area contributed by atoms with E-state index >= 15 is 0 Å². The topological polar surface area (TPSA) is 54.2 Å². The van der Waals surface area contributed by atoms with Crippen molar-refractivity contribution in [2.75, 3.05) is 13.1 Å². The summed E-state index contributed by atoms with van der Waals surface area (Å²) in [5.74, 6) is 1.58. The third-order valence-corrected chi connectivity index (χ3v) is 3.83. The molecule has 1 aliphatic heterocycles. The van der Waals surface area contributed by atoms with Gasteiger partial charge in [0, 0.05) is 19.6 Å². The van der Waals surface area contributed by atoms with Gasteiger partial charge in [-0.2, -0.15) is 5.10 Å². The number of likely N-dealkylation sites (tertiary alicyclic amines) is 1. The number of β-amino-alcohol motifs (C(OH)–C–C–N with tert-alkyl or cyclic N) is 1. The average molecular weight is 236 g/mol. The number of hydrogen-bond donors (Lipinski definition) is 1. The fourth-order valence-corrected chi connectivity index (χ4v) is 2.73. The molecule has 1 saturated carbocycles. The van der Waals surface area contributed by atoms with Gasteiger partial charge in [-0.05, 0) is 25.2 Å². The highest BCUT2D eigenvalue weighted by Crippen LogP contribution is 2.44. The number of aryl methyl sites for hydroxylation is 1. The van der Waals surface area contributed by atoms with Crippen LogP contribution in [0.15, 0.2) is 6.33 Å². The van der Waals surface area contributed by atoms with Gasteiger partial charge >= 0.3 is 0 Å². The van der Waals surface area contributed by atoms with Crippen LogP contribution in [-0.4, -0.2) is 43.5 Å². The maximum Gasteiger partial charge on any atom is 0.141 e. The number of aromatic nitrogens is 3. The zero-order valence-electron chi connectivity index (χ0n) is 10.3. The van der Waals surface area contributed by atoms with Gasteiger partial charge in [0.15, 0.2) is 0 Å². The summed E-state index contributed by atoms with van der Waals surface area (Å²) in [5.41, 5.74) is -0.393. The predicted octanol–water partition coefficient (Wildman–Crippen LogP) is 0.645. The molecule has 5 nitrogen and oxygen atoms in total. The first-order chi connectivity index (χ1) is 8.21. The molecule has 94 valence electrons. The normalized spacial score (nSPS) is 23.6. The summed E-state index contributed by atoms with van der Waals surface area (Å²) < 4.78 is 1.97. The highest BCUT2D eigenvalue weighted by atomic mass is 16.3. The second kappa shape index (κ2) is 4.07. The molecule has 0 unspecified atom stereocenters. The molecule has 0 amide bonds. The van der Waals surface area contributed by atoms with Crippen LogP contribution in [0, 0.1) is 5.92 Å². The molecule has 0 radical (unpaired) electrons. The van der Waals surface area contributed by atoms with Gasteiger partial charge in [-0.1, -0.05) is 6.92 Å². The van der Waals surface area contributed by atoms with Gasteiger partial charge in [0.1, 0.15) is 12.2 Å². The fraction of sp³-hybridized carbons (Fsp3) is 0.833. The molecule has 0 atom stereocenters. The van der Waals surface area contributed by atoms with Crippen LogP contribution in [-0.2, 0) is 13.1 Å². The van der Waals surface area contributed by atoms with Crippen LogP contribution in [0.3, 0.4) is 0 Å². The molecule has 0 spiro atoms. The average Bonchev–Trinajstić information content (AvgIpc) is 3.02. The van der Waals surface area contributed by atoms with Crippen molar-refractivity contribution >= 4 is 0 Å². The molecular formula is C12H20N4O. The largest absolute Gasteiger partial charge is 0.387 e. The molecule has 17 heavy (non-hydrogen) atoms. The van der Waals surface area contributed by atoms with E-state index in [1.165, 1.54) is 12.8 Å². The lowest BCUT2D eigenvalue weighted by Gasteiger charge is -2.46. The highest BCUT2D eigenvalue weighted by molar-refractivity contribution is 5.06. The summed E-state index contributed by atoms with van der Waals surface area (Å²) in [5, 5.41) is 14.5. The Morgan fingerprint density at radius 2 is 2.24 bits per heavy atom. The van der Waals surface area contributed by atoms with Crippen LogP contribution in [0.2, 0.25) is 0 Å². The Balaban J connectivity index is 1.56. The lowest BCUT2D eigenvalue weighted by atomic mass is 9.89. The minimum atomic E-state index is -0.393. The zero-order valence-corrected chi connectivity index (χ0v) is 10.3. The number of nitrogens with zero attached hydrogens (tertiary/aromatic N) is 4. The van der Waals surface area contributed by atoms with Crippen molar-refractivity contribution in [3.63, 3.8) is 0 Å². The summed E-state index contributed by atoms with van der Waals surface area (Å²) in [6.45, 7) is 5.49. The van der Waals surface area contributed by atoms with Crippen LogP contribution in [0.25, 0.3) is 0 Å². The van der Waals surface area contributed by atoms with E-state index in [1.807, 2.05) is 4.68 Å². The maximum absolute atomic E-state index is 10.2. The Labute approximate surface area is 101 Å². The van der Waals surface area contributed by atoms with E-state index in [0.29, 0.717) is 5.92 Å². The van der Waals surface area contributed by atoms with Crippen molar-refractivity contribution in [1.82, 2.24) is 19.7 Å². The third-order valence-electron chi connectivity index (χ3n) is 3.83. The highest BCUT2D eigenvalue weighted by Gasteiger charge is 2.51. The smallest absolute Gasteiger partial charge is 0.141 e. The van der Waals surface area contributed by atoms with Crippen molar-refractivity contribution in [3.8, 4) is 0 Å².